The number of benzene rings is 1. The molecule has 0 amide bonds. The molecule has 8 heteroatoms. The standard InChI is InChI=1S/C13H18N4O3S/c1-9(10-6-4-5-7-11(10)20-3)16-21(18,19)13-12(14)15-8-17(13)2/h4-9,16H,14H2,1-3H3. The van der Waals surface area contributed by atoms with Gasteiger partial charge in [-0.25, -0.2) is 18.1 Å². The van der Waals surface area contributed by atoms with Crippen LogP contribution in [-0.4, -0.2) is 25.1 Å². The molecule has 1 aromatic carbocycles. The van der Waals surface area contributed by atoms with E-state index in [1.807, 2.05) is 12.1 Å². The highest BCUT2D eigenvalue weighted by Crippen LogP contribution is 2.26. The fourth-order valence-corrected chi connectivity index (χ4v) is 3.60. The number of nitrogens with two attached hydrogens (primary N) is 1. The van der Waals surface area contributed by atoms with Gasteiger partial charge in [-0.3, -0.25) is 0 Å². The Morgan fingerprint density at radius 1 is 1.38 bits per heavy atom. The molecule has 114 valence electrons. The van der Waals surface area contributed by atoms with Gasteiger partial charge in [0.05, 0.1) is 13.4 Å². The van der Waals surface area contributed by atoms with Crippen molar-refractivity contribution in [1.29, 1.82) is 0 Å². The van der Waals surface area contributed by atoms with Gasteiger partial charge in [0.2, 0.25) is 0 Å². The van der Waals surface area contributed by atoms with E-state index in [1.54, 1.807) is 33.2 Å². The molecule has 0 spiro atoms. The van der Waals surface area contributed by atoms with Crippen LogP contribution in [0.1, 0.15) is 18.5 Å². The highest BCUT2D eigenvalue weighted by molar-refractivity contribution is 7.89. The summed E-state index contributed by atoms with van der Waals surface area (Å²) in [4.78, 5) is 3.79. The SMILES string of the molecule is COc1ccccc1C(C)NS(=O)(=O)c1c(N)ncn1C. The van der Waals surface area contributed by atoms with Gasteiger partial charge < -0.3 is 15.0 Å². The van der Waals surface area contributed by atoms with E-state index < -0.39 is 16.1 Å². The molecular formula is C13H18N4O3S. The van der Waals surface area contributed by atoms with Gasteiger partial charge in [0.15, 0.2) is 10.8 Å². The summed E-state index contributed by atoms with van der Waals surface area (Å²) < 4.78 is 34.0. The van der Waals surface area contributed by atoms with Crippen molar-refractivity contribution in [3.63, 3.8) is 0 Å². The van der Waals surface area contributed by atoms with Gasteiger partial charge in [-0.1, -0.05) is 18.2 Å². The van der Waals surface area contributed by atoms with Crippen molar-refractivity contribution in [2.24, 2.45) is 7.05 Å². The zero-order valence-corrected chi connectivity index (χ0v) is 12.9. The van der Waals surface area contributed by atoms with E-state index in [-0.39, 0.29) is 10.8 Å². The normalized spacial score (nSPS) is 13.1. The van der Waals surface area contributed by atoms with Crippen LogP contribution in [0.5, 0.6) is 5.75 Å². The number of aromatic nitrogens is 2. The van der Waals surface area contributed by atoms with Crippen LogP contribution in [-0.2, 0) is 17.1 Å². The molecule has 1 unspecified atom stereocenters. The minimum atomic E-state index is -3.78. The van der Waals surface area contributed by atoms with E-state index >= 15 is 0 Å². The number of anilines is 1. The molecule has 21 heavy (non-hydrogen) atoms. The van der Waals surface area contributed by atoms with Gasteiger partial charge >= 0.3 is 0 Å². The van der Waals surface area contributed by atoms with E-state index in [0.717, 1.165) is 5.56 Å². The minimum absolute atomic E-state index is 0.0303. The summed E-state index contributed by atoms with van der Waals surface area (Å²) in [5, 5.41) is -0.0516. The van der Waals surface area contributed by atoms with Crippen molar-refractivity contribution >= 4 is 15.8 Å². The summed E-state index contributed by atoms with van der Waals surface area (Å²) in [5.74, 6) is 0.586. The molecule has 0 saturated heterocycles. The predicted octanol–water partition coefficient (Wildman–Crippen LogP) is 1.05. The largest absolute Gasteiger partial charge is 0.496 e. The topological polar surface area (TPSA) is 99.2 Å². The average Bonchev–Trinajstić information content (AvgIpc) is 2.78. The lowest BCUT2D eigenvalue weighted by atomic mass is 10.1. The van der Waals surface area contributed by atoms with Crippen molar-refractivity contribution < 1.29 is 13.2 Å². The van der Waals surface area contributed by atoms with Gasteiger partial charge in [0, 0.05) is 18.7 Å². The van der Waals surface area contributed by atoms with E-state index in [4.69, 9.17) is 10.5 Å². The molecule has 2 rings (SSSR count). The van der Waals surface area contributed by atoms with Crippen LogP contribution in [0.3, 0.4) is 0 Å². The van der Waals surface area contributed by atoms with E-state index in [2.05, 4.69) is 9.71 Å². The van der Waals surface area contributed by atoms with Gasteiger partial charge in [0.1, 0.15) is 5.75 Å². The van der Waals surface area contributed by atoms with Crippen LogP contribution in [0.15, 0.2) is 35.6 Å². The molecule has 0 fully saturated rings. The molecular weight excluding hydrogens is 292 g/mol. The molecule has 3 N–H and O–H groups in total. The summed E-state index contributed by atoms with van der Waals surface area (Å²) in [7, 11) is -0.665. The number of hydrogen-bond acceptors (Lipinski definition) is 5. The lowest BCUT2D eigenvalue weighted by Gasteiger charge is -2.17. The van der Waals surface area contributed by atoms with Crippen LogP contribution >= 0.6 is 0 Å². The maximum absolute atomic E-state index is 12.4. The molecule has 0 aliphatic rings. The summed E-state index contributed by atoms with van der Waals surface area (Å²) in [6.07, 6.45) is 1.36. The molecule has 0 bridgehead atoms. The number of para-hydroxylation sites is 1. The van der Waals surface area contributed by atoms with Crippen LogP contribution in [0.4, 0.5) is 5.82 Å². The van der Waals surface area contributed by atoms with Crippen LogP contribution in [0, 0.1) is 0 Å². The Balaban J connectivity index is 2.33. The van der Waals surface area contributed by atoms with Gasteiger partial charge in [-0.15, -0.1) is 0 Å². The van der Waals surface area contributed by atoms with E-state index in [1.165, 1.54) is 10.9 Å². The quantitative estimate of drug-likeness (QED) is 0.860. The number of nitrogens with one attached hydrogen (secondary N) is 1. The molecule has 0 aliphatic carbocycles. The number of nitrogen functional groups attached to an aromatic ring is 1. The number of ether oxygens (including phenoxy) is 1. The van der Waals surface area contributed by atoms with Crippen molar-refractivity contribution in [2.45, 2.75) is 18.0 Å². The molecule has 0 aliphatic heterocycles. The maximum atomic E-state index is 12.4. The van der Waals surface area contributed by atoms with Gasteiger partial charge in [-0.05, 0) is 13.0 Å². The first-order chi connectivity index (χ1) is 9.86. The Hall–Kier alpha value is -2.06. The third kappa shape index (κ3) is 3.01. The summed E-state index contributed by atoms with van der Waals surface area (Å²) in [6, 6.07) is 6.75. The molecule has 1 aromatic heterocycles. The number of aryl methyl sites for hydroxylation is 1. The second kappa shape index (κ2) is 5.74. The number of nitrogens with zero attached hydrogens (tertiary/aromatic N) is 2. The Kier molecular flexibility index (Phi) is 4.19. The number of rotatable bonds is 5. The van der Waals surface area contributed by atoms with E-state index in [9.17, 15) is 8.42 Å². The van der Waals surface area contributed by atoms with Crippen LogP contribution in [0.25, 0.3) is 0 Å². The zero-order chi connectivity index (χ0) is 15.6. The summed E-state index contributed by atoms with van der Waals surface area (Å²) >= 11 is 0. The summed E-state index contributed by atoms with van der Waals surface area (Å²) in [5.41, 5.74) is 6.36. The second-order valence-corrected chi connectivity index (χ2v) is 6.26. The fourth-order valence-electron chi connectivity index (χ4n) is 2.14. The fraction of sp³-hybridized carbons (Fsp3) is 0.308. The van der Waals surface area contributed by atoms with Crippen LogP contribution < -0.4 is 15.2 Å². The third-order valence-electron chi connectivity index (χ3n) is 3.10. The lowest BCUT2D eigenvalue weighted by Crippen LogP contribution is -2.29. The number of methoxy groups -OCH3 is 1. The van der Waals surface area contributed by atoms with Gasteiger partial charge in [0.25, 0.3) is 10.0 Å². The summed E-state index contributed by atoms with van der Waals surface area (Å²) in [6.45, 7) is 1.74. The first kappa shape index (κ1) is 15.3. The highest BCUT2D eigenvalue weighted by Gasteiger charge is 2.25. The van der Waals surface area contributed by atoms with Gasteiger partial charge in [-0.2, -0.15) is 0 Å². The Labute approximate surface area is 123 Å². The van der Waals surface area contributed by atoms with E-state index in [0.29, 0.717) is 5.75 Å². The monoisotopic (exact) mass is 310 g/mol. The lowest BCUT2D eigenvalue weighted by molar-refractivity contribution is 0.405. The smallest absolute Gasteiger partial charge is 0.260 e. The Morgan fingerprint density at radius 3 is 2.62 bits per heavy atom. The molecule has 2 aromatic rings. The first-order valence-corrected chi connectivity index (χ1v) is 7.77. The molecule has 0 saturated carbocycles. The molecule has 0 radical (unpaired) electrons. The highest BCUT2D eigenvalue weighted by atomic mass is 32.2. The van der Waals surface area contributed by atoms with Crippen LogP contribution in [0.2, 0.25) is 0 Å². The predicted molar refractivity (Wildman–Crippen MR) is 79.4 cm³/mol. The number of sulfonamides is 1. The Bertz CT molecular complexity index is 720. The zero-order valence-electron chi connectivity index (χ0n) is 12.1. The minimum Gasteiger partial charge on any atom is -0.496 e. The maximum Gasteiger partial charge on any atom is 0.260 e. The average molecular weight is 310 g/mol. The molecule has 1 atom stereocenters. The van der Waals surface area contributed by atoms with Crippen molar-refractivity contribution in [1.82, 2.24) is 14.3 Å². The van der Waals surface area contributed by atoms with Crippen molar-refractivity contribution in [3.05, 3.63) is 36.2 Å². The third-order valence-corrected chi connectivity index (χ3v) is 4.77. The molecule has 7 nitrogen and oxygen atoms in total. The first-order valence-electron chi connectivity index (χ1n) is 6.29. The van der Waals surface area contributed by atoms with Crippen molar-refractivity contribution in [3.8, 4) is 5.75 Å². The molecule has 1 heterocycles. The number of hydrogen-bond donors (Lipinski definition) is 2. The number of imidazole rings is 1. The Morgan fingerprint density at radius 2 is 2.05 bits per heavy atom. The second-order valence-electron chi connectivity index (χ2n) is 4.63. The van der Waals surface area contributed by atoms with Crippen molar-refractivity contribution in [2.75, 3.05) is 12.8 Å².